The van der Waals surface area contributed by atoms with Crippen LogP contribution in [0.5, 0.6) is 0 Å². The molecule has 0 radical (unpaired) electrons. The van der Waals surface area contributed by atoms with Gasteiger partial charge in [0.15, 0.2) is 6.10 Å². The van der Waals surface area contributed by atoms with Gasteiger partial charge >= 0.3 is 0 Å². The fraction of sp³-hybridized carbons (Fsp3) is 0.500. The average molecular weight is 281 g/mol. The molecule has 1 aliphatic heterocycles. The van der Waals surface area contributed by atoms with E-state index in [1.807, 2.05) is 19.1 Å². The van der Waals surface area contributed by atoms with Crippen LogP contribution < -0.4 is 0 Å². The summed E-state index contributed by atoms with van der Waals surface area (Å²) in [6, 6.07) is 0. The molecular weight excluding hydrogens is 262 g/mol. The van der Waals surface area contributed by atoms with Crippen LogP contribution in [-0.4, -0.2) is 43.0 Å². The topological polar surface area (TPSA) is 85.2 Å². The third-order valence-corrected chi connectivity index (χ3v) is 3.03. The zero-order valence-electron chi connectivity index (χ0n) is 12.0. The number of aliphatic hydroxyl groups excluding tert-OH is 1. The van der Waals surface area contributed by atoms with Gasteiger partial charge in [0.2, 0.25) is 11.7 Å². The predicted molar refractivity (Wildman–Crippen MR) is 73.5 cm³/mol. The molecule has 1 rings (SSSR count). The quantitative estimate of drug-likeness (QED) is 0.366. The number of methoxy groups -OCH3 is 2. The zero-order chi connectivity index (χ0) is 15.3. The Balaban J connectivity index is 3.20. The summed E-state index contributed by atoms with van der Waals surface area (Å²) in [6.45, 7) is 3.57. The fourth-order valence-electron chi connectivity index (χ4n) is 1.86. The van der Waals surface area contributed by atoms with Crippen LogP contribution in [0.15, 0.2) is 28.5 Å². The van der Waals surface area contributed by atoms with Crippen LogP contribution in [0.4, 0.5) is 0 Å². The van der Waals surface area contributed by atoms with E-state index in [4.69, 9.17) is 9.47 Å². The van der Waals surface area contributed by atoms with Crippen molar-refractivity contribution in [3.05, 3.63) is 23.5 Å². The number of Topliss-reactive ketones (excluding diaryl/α,β-unsaturated/α-hetero) is 1. The first-order valence-corrected chi connectivity index (χ1v) is 6.26. The minimum Gasteiger partial charge on any atom is -0.511 e. The van der Waals surface area contributed by atoms with Crippen molar-refractivity contribution >= 4 is 17.6 Å². The number of hydrogen-bond acceptors (Lipinski definition) is 5. The van der Waals surface area contributed by atoms with Crippen molar-refractivity contribution in [1.29, 1.82) is 0 Å². The lowest BCUT2D eigenvalue weighted by molar-refractivity contribution is -0.127. The number of amides is 1. The molecule has 1 unspecified atom stereocenters. The van der Waals surface area contributed by atoms with Crippen LogP contribution in [0.25, 0.3) is 0 Å². The minimum absolute atomic E-state index is 0.0971. The molecule has 1 heterocycles. The van der Waals surface area contributed by atoms with Crippen molar-refractivity contribution in [1.82, 2.24) is 0 Å². The highest BCUT2D eigenvalue weighted by Crippen LogP contribution is 2.23. The molecule has 1 amide bonds. The number of aliphatic imine (C=N–C) groups is 1. The monoisotopic (exact) mass is 281 g/mol. The number of rotatable bonds is 4. The first kappa shape index (κ1) is 16.1. The zero-order valence-corrected chi connectivity index (χ0v) is 12.0. The molecule has 1 N–H and O–H groups in total. The summed E-state index contributed by atoms with van der Waals surface area (Å²) in [4.78, 5) is 27.7. The lowest BCUT2D eigenvalue weighted by atomic mass is 9.94. The van der Waals surface area contributed by atoms with Crippen LogP contribution in [0.3, 0.4) is 0 Å². The Morgan fingerprint density at radius 1 is 1.45 bits per heavy atom. The molecule has 0 aliphatic carbocycles. The van der Waals surface area contributed by atoms with Gasteiger partial charge in [0.25, 0.3) is 5.91 Å². The van der Waals surface area contributed by atoms with Gasteiger partial charge in [0.1, 0.15) is 11.3 Å². The molecule has 0 spiro atoms. The summed E-state index contributed by atoms with van der Waals surface area (Å²) in [5.74, 6) is -2.15. The summed E-state index contributed by atoms with van der Waals surface area (Å²) in [7, 11) is 2.61. The molecule has 6 heteroatoms. The highest BCUT2D eigenvalue weighted by molar-refractivity contribution is 6.32. The van der Waals surface area contributed by atoms with Gasteiger partial charge < -0.3 is 14.6 Å². The van der Waals surface area contributed by atoms with E-state index in [2.05, 4.69) is 4.99 Å². The smallest absolute Gasteiger partial charge is 0.287 e. The van der Waals surface area contributed by atoms with Gasteiger partial charge in [-0.15, -0.1) is 0 Å². The van der Waals surface area contributed by atoms with Gasteiger partial charge in [-0.1, -0.05) is 19.1 Å². The van der Waals surface area contributed by atoms with Crippen molar-refractivity contribution in [2.45, 2.75) is 26.4 Å². The SMILES string of the molecule is C/C=C/C[C@H](C)/C(O)=C1\C(=O)N=C(OC)C(OC)C1=O. The van der Waals surface area contributed by atoms with E-state index in [0.29, 0.717) is 6.42 Å². The Bertz CT molecular complexity index is 490. The molecule has 2 atom stereocenters. The second kappa shape index (κ2) is 7.00. The highest BCUT2D eigenvalue weighted by atomic mass is 16.5. The third-order valence-electron chi connectivity index (χ3n) is 3.03. The van der Waals surface area contributed by atoms with Crippen molar-refractivity contribution in [2.24, 2.45) is 10.9 Å². The van der Waals surface area contributed by atoms with E-state index in [1.165, 1.54) is 14.2 Å². The standard InChI is InChI=1S/C14H19NO5/c1-5-6-7-8(2)10(16)9-11(17)12(19-3)14(20-4)15-13(9)18/h5-6,8,12,16H,7H2,1-4H3/b6-5+,10-9+/t8-,12?/m0/s1. The molecule has 0 bridgehead atoms. The second-order valence-electron chi connectivity index (χ2n) is 4.41. The summed E-state index contributed by atoms with van der Waals surface area (Å²) in [5, 5.41) is 10.1. The van der Waals surface area contributed by atoms with E-state index < -0.39 is 17.8 Å². The van der Waals surface area contributed by atoms with Gasteiger partial charge in [-0.05, 0) is 13.3 Å². The van der Waals surface area contributed by atoms with Gasteiger partial charge in [-0.2, -0.15) is 4.99 Å². The lowest BCUT2D eigenvalue weighted by Gasteiger charge is -2.22. The maximum absolute atomic E-state index is 12.2. The maximum atomic E-state index is 12.2. The van der Waals surface area contributed by atoms with E-state index in [9.17, 15) is 14.7 Å². The molecule has 0 aromatic rings. The van der Waals surface area contributed by atoms with Gasteiger partial charge in [-0.25, -0.2) is 0 Å². The summed E-state index contributed by atoms with van der Waals surface area (Å²) >= 11 is 0. The minimum atomic E-state index is -1.09. The molecule has 110 valence electrons. The normalized spacial score (nSPS) is 23.8. The van der Waals surface area contributed by atoms with Crippen LogP contribution >= 0.6 is 0 Å². The molecule has 6 nitrogen and oxygen atoms in total. The van der Waals surface area contributed by atoms with E-state index in [1.54, 1.807) is 6.92 Å². The largest absolute Gasteiger partial charge is 0.511 e. The summed E-state index contributed by atoms with van der Waals surface area (Å²) < 4.78 is 9.84. The van der Waals surface area contributed by atoms with Gasteiger partial charge in [0.05, 0.1) is 7.11 Å². The van der Waals surface area contributed by atoms with Crippen LogP contribution in [-0.2, 0) is 19.1 Å². The first-order valence-electron chi connectivity index (χ1n) is 6.26. The summed E-state index contributed by atoms with van der Waals surface area (Å²) in [6.07, 6.45) is 3.10. The number of allylic oxidation sites excluding steroid dienone is 3. The van der Waals surface area contributed by atoms with E-state index >= 15 is 0 Å². The second-order valence-corrected chi connectivity index (χ2v) is 4.41. The number of hydrogen-bond donors (Lipinski definition) is 1. The molecule has 0 fully saturated rings. The van der Waals surface area contributed by atoms with Crippen LogP contribution in [0.2, 0.25) is 0 Å². The Labute approximate surface area is 117 Å². The Morgan fingerprint density at radius 2 is 2.10 bits per heavy atom. The molecular formula is C14H19NO5. The number of ketones is 1. The van der Waals surface area contributed by atoms with Crippen LogP contribution in [0, 0.1) is 5.92 Å². The van der Waals surface area contributed by atoms with Crippen molar-refractivity contribution < 1.29 is 24.2 Å². The number of carbonyl (C=O) groups is 2. The lowest BCUT2D eigenvalue weighted by Crippen LogP contribution is -2.41. The Kier molecular flexibility index (Phi) is 5.64. The van der Waals surface area contributed by atoms with E-state index in [0.717, 1.165) is 0 Å². The molecule has 0 aromatic carbocycles. The molecule has 0 saturated heterocycles. The van der Waals surface area contributed by atoms with Crippen molar-refractivity contribution in [3.8, 4) is 0 Å². The average Bonchev–Trinajstić information content (AvgIpc) is 2.43. The molecule has 0 aromatic heterocycles. The Hall–Kier alpha value is -1.95. The van der Waals surface area contributed by atoms with Gasteiger partial charge in [-0.3, -0.25) is 9.59 Å². The highest BCUT2D eigenvalue weighted by Gasteiger charge is 2.39. The van der Waals surface area contributed by atoms with Crippen molar-refractivity contribution in [3.63, 3.8) is 0 Å². The van der Waals surface area contributed by atoms with E-state index in [-0.39, 0.29) is 23.1 Å². The molecule has 20 heavy (non-hydrogen) atoms. The fourth-order valence-corrected chi connectivity index (χ4v) is 1.86. The third kappa shape index (κ3) is 3.14. The number of ether oxygens (including phenoxy) is 2. The number of nitrogens with zero attached hydrogens (tertiary/aromatic N) is 1. The summed E-state index contributed by atoms with van der Waals surface area (Å²) in [5.41, 5.74) is -0.324. The number of carbonyl (C=O) groups excluding carboxylic acids is 2. The Morgan fingerprint density at radius 3 is 2.60 bits per heavy atom. The maximum Gasteiger partial charge on any atom is 0.287 e. The molecule has 1 aliphatic rings. The number of aliphatic hydroxyl groups is 1. The first-order chi connectivity index (χ1) is 9.47. The van der Waals surface area contributed by atoms with Gasteiger partial charge in [0, 0.05) is 13.0 Å². The van der Waals surface area contributed by atoms with Crippen LogP contribution in [0.1, 0.15) is 20.3 Å². The van der Waals surface area contributed by atoms with Crippen molar-refractivity contribution in [2.75, 3.05) is 14.2 Å². The predicted octanol–water partition coefficient (Wildman–Crippen LogP) is 1.57. The molecule has 0 saturated carbocycles.